The predicted octanol–water partition coefficient (Wildman–Crippen LogP) is 3.23. The molecule has 0 bridgehead atoms. The molecule has 0 radical (unpaired) electrons. The lowest BCUT2D eigenvalue weighted by Crippen LogP contribution is -2.60. The van der Waals surface area contributed by atoms with E-state index in [1.807, 2.05) is 54.8 Å². The maximum atomic E-state index is 14.2. The first kappa shape index (κ1) is 56.9. The number of guanidine groups is 1. The van der Waals surface area contributed by atoms with Crippen LogP contribution in [0.2, 0.25) is 0 Å². The molecule has 0 fully saturated rings. The number of carbonyl (C=O) groups excluding carboxylic acids is 7. The summed E-state index contributed by atoms with van der Waals surface area (Å²) in [4.78, 5) is 111. The van der Waals surface area contributed by atoms with Gasteiger partial charge in [-0.15, -0.1) is 0 Å². The SMILES string of the molecule is CSCCC(NC(=O)OCC1c2ccccc2-c2ccccc21)C(=O)NC(CCC(=O)OC(C)(C)C)C(=O)NC(CCN=C(N)N)C(=O)NC(C(=O)NC(CCC(=O)OC(C)(C)C)C(=O)O)C(C)C. The summed E-state index contributed by atoms with van der Waals surface area (Å²) in [6.45, 7) is 13.0. The first-order valence-corrected chi connectivity index (χ1v) is 24.2. The molecule has 380 valence electrons. The Hall–Kier alpha value is -6.38. The fourth-order valence-corrected chi connectivity index (χ4v) is 7.78. The summed E-state index contributed by atoms with van der Waals surface area (Å²) in [7, 11) is 0. The Morgan fingerprint density at radius 1 is 0.652 bits per heavy atom. The lowest BCUT2D eigenvalue weighted by atomic mass is 9.98. The molecule has 21 heteroatoms. The molecule has 0 spiro atoms. The molecule has 5 unspecified atom stereocenters. The number of alkyl carbamates (subject to hydrolysis) is 1. The summed E-state index contributed by atoms with van der Waals surface area (Å²) in [6, 6.07) is 8.66. The molecule has 0 saturated carbocycles. The van der Waals surface area contributed by atoms with Crippen LogP contribution in [-0.4, -0.2) is 125 Å². The number of benzene rings is 2. The van der Waals surface area contributed by atoms with Gasteiger partial charge in [-0.25, -0.2) is 9.59 Å². The summed E-state index contributed by atoms with van der Waals surface area (Å²) in [5, 5.41) is 22.7. The highest BCUT2D eigenvalue weighted by Gasteiger charge is 2.35. The highest BCUT2D eigenvalue weighted by molar-refractivity contribution is 7.98. The van der Waals surface area contributed by atoms with Gasteiger partial charge in [-0.2, -0.15) is 11.8 Å². The van der Waals surface area contributed by atoms with E-state index in [4.69, 9.17) is 25.7 Å². The Bertz CT molecular complexity index is 2120. The molecule has 0 aromatic heterocycles. The van der Waals surface area contributed by atoms with E-state index in [-0.39, 0.29) is 63.6 Å². The Balaban J connectivity index is 1.84. The molecule has 0 saturated heterocycles. The first-order chi connectivity index (χ1) is 32.3. The van der Waals surface area contributed by atoms with Crippen LogP contribution in [0, 0.1) is 5.92 Å². The highest BCUT2D eigenvalue weighted by Crippen LogP contribution is 2.44. The van der Waals surface area contributed by atoms with Gasteiger partial charge in [-0.05, 0) is 107 Å². The fraction of sp³-hybridized carbons (Fsp3) is 0.562. The second kappa shape index (κ2) is 26.4. The van der Waals surface area contributed by atoms with Gasteiger partial charge >= 0.3 is 24.0 Å². The highest BCUT2D eigenvalue weighted by atomic mass is 32.2. The molecule has 0 heterocycles. The van der Waals surface area contributed by atoms with E-state index in [2.05, 4.69) is 31.6 Å². The molecule has 5 amide bonds. The Morgan fingerprint density at radius 3 is 1.57 bits per heavy atom. The second-order valence-corrected chi connectivity index (χ2v) is 19.9. The Labute approximate surface area is 407 Å². The lowest BCUT2D eigenvalue weighted by Gasteiger charge is -2.28. The molecule has 10 N–H and O–H groups in total. The van der Waals surface area contributed by atoms with Gasteiger partial charge in [0.1, 0.15) is 48.0 Å². The van der Waals surface area contributed by atoms with E-state index in [1.54, 1.807) is 55.4 Å². The number of aliphatic imine (C=N–C) groups is 1. The largest absolute Gasteiger partial charge is 0.480 e. The van der Waals surface area contributed by atoms with Crippen LogP contribution in [0.15, 0.2) is 53.5 Å². The fourth-order valence-electron chi connectivity index (χ4n) is 7.31. The minimum absolute atomic E-state index is 0.0193. The summed E-state index contributed by atoms with van der Waals surface area (Å²) in [5.41, 5.74) is 13.5. The number of carboxylic acid groups (broad SMARTS) is 1. The van der Waals surface area contributed by atoms with Gasteiger partial charge in [-0.1, -0.05) is 62.4 Å². The number of rotatable bonds is 25. The third kappa shape index (κ3) is 19.3. The minimum Gasteiger partial charge on any atom is -0.480 e. The number of nitrogens with two attached hydrogens (primary N) is 2. The average molecular weight is 983 g/mol. The van der Waals surface area contributed by atoms with Gasteiger partial charge in [0.05, 0.1) is 0 Å². The molecule has 2 aromatic carbocycles. The monoisotopic (exact) mass is 982 g/mol. The van der Waals surface area contributed by atoms with Crippen molar-refractivity contribution in [1.82, 2.24) is 26.6 Å². The summed E-state index contributed by atoms with van der Waals surface area (Å²) >= 11 is 1.42. The van der Waals surface area contributed by atoms with E-state index in [9.17, 15) is 43.5 Å². The van der Waals surface area contributed by atoms with Gasteiger partial charge in [0.15, 0.2) is 5.96 Å². The molecule has 5 atom stereocenters. The average Bonchev–Trinajstić information content (AvgIpc) is 3.57. The van der Waals surface area contributed by atoms with Crippen LogP contribution in [0.3, 0.4) is 0 Å². The van der Waals surface area contributed by atoms with Crippen LogP contribution in [0.25, 0.3) is 11.1 Å². The maximum absolute atomic E-state index is 14.2. The van der Waals surface area contributed by atoms with Crippen molar-refractivity contribution in [1.29, 1.82) is 0 Å². The lowest BCUT2D eigenvalue weighted by molar-refractivity contribution is -0.156. The molecule has 3 rings (SSSR count). The zero-order valence-corrected chi connectivity index (χ0v) is 41.8. The molecule has 20 nitrogen and oxygen atoms in total. The standard InChI is InChI=1S/C48H70N8O12S/c1-27(2)39(43(62)54-36(44(63)64)19-21-38(58)68-48(6,7)8)56-42(61)34(22-24-51-45(49)50)53-40(59)33(18-20-37(57)67-47(3,4)5)52-41(60)35(23-25-69-9)55-46(65)66-26-32-30-16-12-10-14-28(30)29-15-11-13-17-31(29)32/h10-17,27,32-36,39H,18-26H2,1-9H3,(H,52,60)(H,53,59)(H,54,62)(H,55,65)(H,56,61)(H,63,64)(H4,49,50,51). The van der Waals surface area contributed by atoms with Crippen molar-refractivity contribution in [3.63, 3.8) is 0 Å². The minimum atomic E-state index is -1.52. The zero-order chi connectivity index (χ0) is 51.6. The number of fused-ring (bicyclic) bond motifs is 3. The van der Waals surface area contributed by atoms with Crippen molar-refractivity contribution in [3.05, 3.63) is 59.7 Å². The van der Waals surface area contributed by atoms with E-state index < -0.39 is 95.0 Å². The predicted molar refractivity (Wildman–Crippen MR) is 261 cm³/mol. The van der Waals surface area contributed by atoms with Crippen LogP contribution in [0.4, 0.5) is 4.79 Å². The third-order valence-corrected chi connectivity index (χ3v) is 11.2. The number of hydrogen-bond donors (Lipinski definition) is 8. The maximum Gasteiger partial charge on any atom is 0.407 e. The van der Waals surface area contributed by atoms with E-state index >= 15 is 0 Å². The van der Waals surface area contributed by atoms with Crippen molar-refractivity contribution in [2.75, 3.05) is 25.2 Å². The van der Waals surface area contributed by atoms with E-state index in [0.717, 1.165) is 22.3 Å². The summed E-state index contributed by atoms with van der Waals surface area (Å²) in [5.74, 6) is -7.00. The topological polar surface area (TPSA) is 309 Å². The van der Waals surface area contributed by atoms with Crippen LogP contribution in [0.1, 0.15) is 111 Å². The third-order valence-electron chi connectivity index (χ3n) is 10.5. The quantitative estimate of drug-likeness (QED) is 0.0307. The zero-order valence-electron chi connectivity index (χ0n) is 41.0. The van der Waals surface area contributed by atoms with Gasteiger partial charge in [0.2, 0.25) is 23.6 Å². The number of nitrogens with one attached hydrogen (secondary N) is 5. The van der Waals surface area contributed by atoms with Gasteiger partial charge < -0.3 is 57.4 Å². The second-order valence-electron chi connectivity index (χ2n) is 18.9. The number of esters is 2. The molecular weight excluding hydrogens is 913 g/mol. The van der Waals surface area contributed by atoms with E-state index in [1.165, 1.54) is 11.8 Å². The molecule has 1 aliphatic rings. The number of carbonyl (C=O) groups is 8. The Kier molecular flexibility index (Phi) is 21.8. The smallest absolute Gasteiger partial charge is 0.407 e. The number of nitrogens with zero attached hydrogens (tertiary/aromatic N) is 1. The Morgan fingerprint density at radius 2 is 1.10 bits per heavy atom. The number of amides is 5. The summed E-state index contributed by atoms with van der Waals surface area (Å²) < 4.78 is 16.4. The van der Waals surface area contributed by atoms with E-state index in [0.29, 0.717) is 5.75 Å². The van der Waals surface area contributed by atoms with Gasteiger partial charge in [0.25, 0.3) is 0 Å². The van der Waals surface area contributed by atoms with Crippen molar-refractivity contribution < 1.29 is 57.7 Å². The molecule has 2 aromatic rings. The van der Waals surface area contributed by atoms with Gasteiger partial charge in [0, 0.05) is 25.3 Å². The molecule has 69 heavy (non-hydrogen) atoms. The number of hydrogen-bond acceptors (Lipinski definition) is 13. The van der Waals surface area contributed by atoms with Crippen molar-refractivity contribution in [2.45, 2.75) is 141 Å². The normalized spacial score (nSPS) is 14.3. The van der Waals surface area contributed by atoms with Crippen LogP contribution < -0.4 is 38.1 Å². The van der Waals surface area contributed by atoms with Gasteiger partial charge in [-0.3, -0.25) is 33.8 Å². The number of thioether (sulfide) groups is 1. The molecular formula is C48H70N8O12S. The van der Waals surface area contributed by atoms with Crippen LogP contribution in [0.5, 0.6) is 0 Å². The molecule has 1 aliphatic carbocycles. The molecule has 0 aliphatic heterocycles. The number of ether oxygens (including phenoxy) is 3. The van der Waals surface area contributed by atoms with Crippen molar-refractivity contribution in [3.8, 4) is 11.1 Å². The number of carboxylic acids is 1. The number of aliphatic carboxylic acids is 1. The van der Waals surface area contributed by atoms with Crippen molar-refractivity contribution in [2.24, 2.45) is 22.4 Å². The summed E-state index contributed by atoms with van der Waals surface area (Å²) in [6.07, 6.45) is -0.409. The van der Waals surface area contributed by atoms with Crippen molar-refractivity contribution >= 4 is 65.4 Å². The van der Waals surface area contributed by atoms with Crippen LogP contribution >= 0.6 is 11.8 Å². The van der Waals surface area contributed by atoms with Crippen LogP contribution in [-0.2, 0) is 47.8 Å². The first-order valence-electron chi connectivity index (χ1n) is 22.8.